The van der Waals surface area contributed by atoms with E-state index in [1.54, 1.807) is 14.2 Å². The molecule has 5 rings (SSSR count). The van der Waals surface area contributed by atoms with Crippen LogP contribution in [0.4, 0.5) is 0 Å². The SMILES string of the molecule is COc1cccc(C2=C[C@@H]3c4ccccc4O[C@@H](c4cccc(OC)c4)N3N2)c1. The lowest BCUT2D eigenvalue weighted by atomic mass is 10.0. The van der Waals surface area contributed by atoms with E-state index in [-0.39, 0.29) is 12.3 Å². The Balaban J connectivity index is 1.57. The van der Waals surface area contributed by atoms with E-state index in [1.807, 2.05) is 54.6 Å². The van der Waals surface area contributed by atoms with Crippen LogP contribution in [-0.4, -0.2) is 19.2 Å². The van der Waals surface area contributed by atoms with Crippen LogP contribution < -0.4 is 19.6 Å². The second kappa shape index (κ2) is 7.18. The highest BCUT2D eigenvalue weighted by molar-refractivity contribution is 5.68. The van der Waals surface area contributed by atoms with Crippen molar-refractivity contribution >= 4 is 5.70 Å². The lowest BCUT2D eigenvalue weighted by molar-refractivity contribution is -0.0327. The molecule has 29 heavy (non-hydrogen) atoms. The van der Waals surface area contributed by atoms with Crippen LogP contribution in [0.3, 0.4) is 0 Å². The summed E-state index contributed by atoms with van der Waals surface area (Å²) in [6.45, 7) is 0. The molecule has 2 aliphatic rings. The zero-order chi connectivity index (χ0) is 19.8. The molecular formula is C24H22N2O3. The van der Waals surface area contributed by atoms with Gasteiger partial charge >= 0.3 is 0 Å². The van der Waals surface area contributed by atoms with Crippen LogP contribution in [-0.2, 0) is 0 Å². The largest absolute Gasteiger partial charge is 0.497 e. The highest BCUT2D eigenvalue weighted by Crippen LogP contribution is 2.46. The van der Waals surface area contributed by atoms with Crippen molar-refractivity contribution < 1.29 is 14.2 Å². The molecule has 0 aliphatic carbocycles. The first-order chi connectivity index (χ1) is 14.3. The summed E-state index contributed by atoms with van der Waals surface area (Å²) in [7, 11) is 3.36. The Kier molecular flexibility index (Phi) is 4.37. The van der Waals surface area contributed by atoms with Gasteiger partial charge in [0.05, 0.1) is 26.0 Å². The van der Waals surface area contributed by atoms with Gasteiger partial charge in [-0.15, -0.1) is 0 Å². The zero-order valence-corrected chi connectivity index (χ0v) is 16.3. The summed E-state index contributed by atoms with van der Waals surface area (Å²) < 4.78 is 17.2. The molecule has 2 heterocycles. The summed E-state index contributed by atoms with van der Waals surface area (Å²) in [5.74, 6) is 2.53. The Labute approximate surface area is 170 Å². The first-order valence-electron chi connectivity index (χ1n) is 9.57. The molecule has 0 fully saturated rings. The van der Waals surface area contributed by atoms with E-state index in [4.69, 9.17) is 14.2 Å². The number of para-hydroxylation sites is 1. The molecule has 0 amide bonds. The Bertz CT molecular complexity index is 1080. The molecule has 146 valence electrons. The minimum atomic E-state index is -0.288. The van der Waals surface area contributed by atoms with E-state index >= 15 is 0 Å². The average Bonchev–Trinajstić information content (AvgIpc) is 3.24. The van der Waals surface area contributed by atoms with Crippen molar-refractivity contribution in [3.05, 3.63) is 95.6 Å². The number of ether oxygens (including phenoxy) is 3. The number of nitrogens with zero attached hydrogens (tertiary/aromatic N) is 1. The van der Waals surface area contributed by atoms with Crippen molar-refractivity contribution in [2.45, 2.75) is 12.3 Å². The minimum absolute atomic E-state index is 0.0531. The van der Waals surface area contributed by atoms with Gasteiger partial charge in [0.1, 0.15) is 17.2 Å². The fourth-order valence-corrected chi connectivity index (χ4v) is 3.91. The standard InChI is InChI=1S/C24H22N2O3/c1-27-18-9-5-7-16(13-18)21-15-22-20-11-3-4-12-23(20)29-24(26(22)25-21)17-8-6-10-19(14-17)28-2/h3-15,22,24-25H,1-2H3/t22-,24+/m1/s1. The topological polar surface area (TPSA) is 43.0 Å². The van der Waals surface area contributed by atoms with Gasteiger partial charge in [0, 0.05) is 16.7 Å². The Morgan fingerprint density at radius 3 is 2.45 bits per heavy atom. The number of hydrazine groups is 1. The fourth-order valence-electron chi connectivity index (χ4n) is 3.91. The summed E-state index contributed by atoms with van der Waals surface area (Å²) in [5, 5.41) is 2.14. The highest BCUT2D eigenvalue weighted by atomic mass is 16.5. The second-order valence-electron chi connectivity index (χ2n) is 7.06. The summed E-state index contributed by atoms with van der Waals surface area (Å²) in [6.07, 6.45) is 1.95. The number of hydrogen-bond donors (Lipinski definition) is 1. The Morgan fingerprint density at radius 2 is 1.62 bits per heavy atom. The van der Waals surface area contributed by atoms with Crippen LogP contribution in [0.25, 0.3) is 5.70 Å². The summed E-state index contributed by atoms with van der Waals surface area (Å²) in [6, 6.07) is 24.3. The molecular weight excluding hydrogens is 364 g/mol. The average molecular weight is 386 g/mol. The van der Waals surface area contributed by atoms with Crippen molar-refractivity contribution in [1.29, 1.82) is 0 Å². The van der Waals surface area contributed by atoms with Crippen molar-refractivity contribution in [2.75, 3.05) is 14.2 Å². The number of hydrogen-bond acceptors (Lipinski definition) is 5. The number of fused-ring (bicyclic) bond motifs is 3. The number of benzene rings is 3. The number of methoxy groups -OCH3 is 2. The normalized spacial score (nSPS) is 20.0. The molecule has 3 aromatic rings. The van der Waals surface area contributed by atoms with E-state index in [0.29, 0.717) is 0 Å². The van der Waals surface area contributed by atoms with E-state index in [9.17, 15) is 0 Å². The van der Waals surface area contributed by atoms with Gasteiger partial charge in [0.2, 0.25) is 0 Å². The third-order valence-electron chi connectivity index (χ3n) is 5.36. The third-order valence-corrected chi connectivity index (χ3v) is 5.36. The first-order valence-corrected chi connectivity index (χ1v) is 9.57. The first kappa shape index (κ1) is 17.6. The van der Waals surface area contributed by atoms with Gasteiger partial charge in [0.15, 0.2) is 6.23 Å². The molecule has 2 aliphatic heterocycles. The fraction of sp³-hybridized carbons (Fsp3) is 0.167. The molecule has 3 aromatic carbocycles. The molecule has 0 radical (unpaired) electrons. The second-order valence-corrected chi connectivity index (χ2v) is 7.06. The van der Waals surface area contributed by atoms with Crippen molar-refractivity contribution in [1.82, 2.24) is 10.4 Å². The summed E-state index contributed by atoms with van der Waals surface area (Å²) >= 11 is 0. The molecule has 0 saturated heterocycles. The number of nitrogens with one attached hydrogen (secondary N) is 1. The quantitative estimate of drug-likeness (QED) is 0.704. The van der Waals surface area contributed by atoms with Gasteiger partial charge in [-0.25, -0.2) is 0 Å². The maximum absolute atomic E-state index is 6.41. The van der Waals surface area contributed by atoms with Crippen LogP contribution >= 0.6 is 0 Å². The summed E-state index contributed by atoms with van der Waals surface area (Å²) in [5.41, 5.74) is 7.82. The van der Waals surface area contributed by atoms with Crippen LogP contribution in [0.5, 0.6) is 17.2 Å². The molecule has 0 unspecified atom stereocenters. The van der Waals surface area contributed by atoms with Gasteiger partial charge in [-0.1, -0.05) is 42.5 Å². The van der Waals surface area contributed by atoms with E-state index in [2.05, 4.69) is 34.7 Å². The highest BCUT2D eigenvalue weighted by Gasteiger charge is 2.40. The smallest absolute Gasteiger partial charge is 0.196 e. The van der Waals surface area contributed by atoms with Gasteiger partial charge in [-0.3, -0.25) is 0 Å². The van der Waals surface area contributed by atoms with Gasteiger partial charge in [-0.2, -0.15) is 5.01 Å². The molecule has 5 nitrogen and oxygen atoms in total. The predicted octanol–water partition coefficient (Wildman–Crippen LogP) is 4.70. The maximum atomic E-state index is 6.41. The monoisotopic (exact) mass is 386 g/mol. The molecule has 5 heteroatoms. The van der Waals surface area contributed by atoms with Gasteiger partial charge < -0.3 is 19.6 Å². The zero-order valence-electron chi connectivity index (χ0n) is 16.3. The molecule has 0 saturated carbocycles. The van der Waals surface area contributed by atoms with Crippen LogP contribution in [0.15, 0.2) is 78.9 Å². The van der Waals surface area contributed by atoms with Crippen LogP contribution in [0.2, 0.25) is 0 Å². The Morgan fingerprint density at radius 1 is 0.862 bits per heavy atom. The van der Waals surface area contributed by atoms with E-state index < -0.39 is 0 Å². The lowest BCUT2D eigenvalue weighted by Gasteiger charge is -2.39. The molecule has 2 atom stereocenters. The van der Waals surface area contributed by atoms with Crippen LogP contribution in [0, 0.1) is 0 Å². The molecule has 0 bridgehead atoms. The molecule has 0 aromatic heterocycles. The predicted molar refractivity (Wildman–Crippen MR) is 111 cm³/mol. The molecule has 0 spiro atoms. The summed E-state index contributed by atoms with van der Waals surface area (Å²) in [4.78, 5) is 0. The van der Waals surface area contributed by atoms with Gasteiger partial charge in [0.25, 0.3) is 0 Å². The van der Waals surface area contributed by atoms with Crippen LogP contribution in [0.1, 0.15) is 29.0 Å². The third kappa shape index (κ3) is 3.09. The Hall–Kier alpha value is -3.44. The van der Waals surface area contributed by atoms with Crippen molar-refractivity contribution in [3.63, 3.8) is 0 Å². The number of rotatable bonds is 4. The lowest BCUT2D eigenvalue weighted by Crippen LogP contribution is -2.43. The molecule has 1 N–H and O–H groups in total. The van der Waals surface area contributed by atoms with Crippen molar-refractivity contribution in [3.8, 4) is 17.2 Å². The maximum Gasteiger partial charge on any atom is 0.196 e. The van der Waals surface area contributed by atoms with E-state index in [1.165, 1.54) is 0 Å². The van der Waals surface area contributed by atoms with E-state index in [0.717, 1.165) is 39.6 Å². The van der Waals surface area contributed by atoms with Crippen molar-refractivity contribution in [2.24, 2.45) is 0 Å². The van der Waals surface area contributed by atoms with Gasteiger partial charge in [-0.05, 0) is 36.4 Å². The minimum Gasteiger partial charge on any atom is -0.497 e.